The Morgan fingerprint density at radius 3 is 2.35 bits per heavy atom. The predicted molar refractivity (Wildman–Crippen MR) is 92.3 cm³/mol. The fourth-order valence-corrected chi connectivity index (χ4v) is 2.82. The lowest BCUT2D eigenvalue weighted by Crippen LogP contribution is -2.13. The fourth-order valence-electron chi connectivity index (χ4n) is 2.47. The molecule has 3 rings (SSSR count). The molecular formula is C17H13Cl2N3O. The minimum atomic E-state index is -0.580. The number of primary amides is 1. The summed E-state index contributed by atoms with van der Waals surface area (Å²) in [6, 6.07) is 14.6. The van der Waals surface area contributed by atoms with E-state index < -0.39 is 5.91 Å². The number of carbonyl (C=O) groups is 1. The standard InChI is InChI=1S/C17H13Cl2N3O/c1-10-15(17(20)23)21-22(14-5-3-2-4-13(14)19)16(10)11-6-8-12(18)9-7-11/h2-9H,1H3,(H2,20,23). The van der Waals surface area contributed by atoms with Crippen LogP contribution in [0.25, 0.3) is 16.9 Å². The van der Waals surface area contributed by atoms with E-state index in [1.807, 2.05) is 37.3 Å². The zero-order valence-electron chi connectivity index (χ0n) is 12.3. The Bertz CT molecular complexity index is 885. The molecule has 1 heterocycles. The third-order valence-corrected chi connectivity index (χ3v) is 4.13. The maximum Gasteiger partial charge on any atom is 0.269 e. The second kappa shape index (κ2) is 6.07. The van der Waals surface area contributed by atoms with Gasteiger partial charge in [-0.25, -0.2) is 4.68 Å². The smallest absolute Gasteiger partial charge is 0.269 e. The van der Waals surface area contributed by atoms with Crippen LogP contribution in [0.4, 0.5) is 0 Å². The number of amides is 1. The van der Waals surface area contributed by atoms with Gasteiger partial charge in [0.25, 0.3) is 5.91 Å². The Balaban J connectivity index is 2.31. The molecule has 0 saturated carbocycles. The lowest BCUT2D eigenvalue weighted by molar-refractivity contribution is 0.0994. The van der Waals surface area contributed by atoms with Crippen molar-refractivity contribution in [1.82, 2.24) is 9.78 Å². The highest BCUT2D eigenvalue weighted by Gasteiger charge is 2.21. The van der Waals surface area contributed by atoms with Gasteiger partial charge >= 0.3 is 0 Å². The van der Waals surface area contributed by atoms with Gasteiger partial charge in [0.15, 0.2) is 5.69 Å². The minimum Gasteiger partial charge on any atom is -0.364 e. The quantitative estimate of drug-likeness (QED) is 0.771. The van der Waals surface area contributed by atoms with Gasteiger partial charge in [-0.3, -0.25) is 4.79 Å². The maximum atomic E-state index is 11.7. The zero-order chi connectivity index (χ0) is 16.6. The summed E-state index contributed by atoms with van der Waals surface area (Å²) in [6.45, 7) is 1.81. The molecule has 23 heavy (non-hydrogen) atoms. The van der Waals surface area contributed by atoms with Crippen LogP contribution in [0.3, 0.4) is 0 Å². The van der Waals surface area contributed by atoms with Crippen LogP contribution >= 0.6 is 23.2 Å². The van der Waals surface area contributed by atoms with Crippen LogP contribution in [0.1, 0.15) is 16.1 Å². The lowest BCUT2D eigenvalue weighted by atomic mass is 10.1. The van der Waals surface area contributed by atoms with Crippen LogP contribution in [0.5, 0.6) is 0 Å². The van der Waals surface area contributed by atoms with Gasteiger partial charge in [0, 0.05) is 16.1 Å². The molecule has 116 valence electrons. The number of aromatic nitrogens is 2. The number of nitrogens with zero attached hydrogens (tertiary/aromatic N) is 2. The van der Waals surface area contributed by atoms with Crippen LogP contribution in [0.2, 0.25) is 10.0 Å². The topological polar surface area (TPSA) is 60.9 Å². The van der Waals surface area contributed by atoms with E-state index >= 15 is 0 Å². The van der Waals surface area contributed by atoms with Gasteiger partial charge < -0.3 is 5.73 Å². The fraction of sp³-hybridized carbons (Fsp3) is 0.0588. The lowest BCUT2D eigenvalue weighted by Gasteiger charge is -2.10. The van der Waals surface area contributed by atoms with Gasteiger partial charge in [-0.15, -0.1) is 0 Å². The van der Waals surface area contributed by atoms with Crippen LogP contribution < -0.4 is 5.73 Å². The first-order valence-corrected chi connectivity index (χ1v) is 7.65. The zero-order valence-corrected chi connectivity index (χ0v) is 13.8. The highest BCUT2D eigenvalue weighted by molar-refractivity contribution is 6.32. The van der Waals surface area contributed by atoms with E-state index in [1.165, 1.54) is 0 Å². The van der Waals surface area contributed by atoms with Crippen molar-refractivity contribution in [2.75, 3.05) is 0 Å². The van der Waals surface area contributed by atoms with E-state index in [4.69, 9.17) is 28.9 Å². The Kier molecular flexibility index (Phi) is 4.11. The number of hydrogen-bond acceptors (Lipinski definition) is 2. The Morgan fingerprint density at radius 1 is 1.09 bits per heavy atom. The third-order valence-electron chi connectivity index (χ3n) is 3.55. The van der Waals surface area contributed by atoms with Crippen LogP contribution in [-0.4, -0.2) is 15.7 Å². The molecule has 0 bridgehead atoms. The van der Waals surface area contributed by atoms with Crippen molar-refractivity contribution in [1.29, 1.82) is 0 Å². The van der Waals surface area contributed by atoms with E-state index in [0.29, 0.717) is 21.3 Å². The SMILES string of the molecule is Cc1c(C(N)=O)nn(-c2ccccc2Cl)c1-c1ccc(Cl)cc1. The largest absolute Gasteiger partial charge is 0.364 e. The molecule has 6 heteroatoms. The number of nitrogens with two attached hydrogens (primary N) is 1. The molecule has 0 atom stereocenters. The van der Waals surface area contributed by atoms with Crippen molar-refractivity contribution < 1.29 is 4.79 Å². The number of para-hydroxylation sites is 1. The van der Waals surface area contributed by atoms with E-state index in [0.717, 1.165) is 11.3 Å². The van der Waals surface area contributed by atoms with Crippen molar-refractivity contribution in [3.05, 3.63) is 69.8 Å². The van der Waals surface area contributed by atoms with E-state index in [-0.39, 0.29) is 5.69 Å². The second-order valence-corrected chi connectivity index (χ2v) is 5.90. The highest BCUT2D eigenvalue weighted by Crippen LogP contribution is 2.31. The summed E-state index contributed by atoms with van der Waals surface area (Å²) in [7, 11) is 0. The van der Waals surface area contributed by atoms with Gasteiger partial charge in [0.2, 0.25) is 0 Å². The van der Waals surface area contributed by atoms with Crippen LogP contribution in [-0.2, 0) is 0 Å². The van der Waals surface area contributed by atoms with Crippen LogP contribution in [0.15, 0.2) is 48.5 Å². The summed E-state index contributed by atoms with van der Waals surface area (Å²) in [5, 5.41) is 5.52. The highest BCUT2D eigenvalue weighted by atomic mass is 35.5. The first kappa shape index (κ1) is 15.6. The summed E-state index contributed by atoms with van der Waals surface area (Å²) in [6.07, 6.45) is 0. The molecule has 1 aromatic heterocycles. The van der Waals surface area contributed by atoms with Crippen molar-refractivity contribution in [3.63, 3.8) is 0 Å². The average molecular weight is 346 g/mol. The normalized spacial score (nSPS) is 10.7. The molecule has 0 fully saturated rings. The third kappa shape index (κ3) is 2.83. The summed E-state index contributed by atoms with van der Waals surface area (Å²) in [4.78, 5) is 11.7. The van der Waals surface area contributed by atoms with Gasteiger partial charge in [-0.05, 0) is 31.2 Å². The summed E-state index contributed by atoms with van der Waals surface area (Å²) >= 11 is 12.2. The number of rotatable bonds is 3. The van der Waals surface area contributed by atoms with Crippen molar-refractivity contribution in [3.8, 4) is 16.9 Å². The molecule has 3 aromatic rings. The van der Waals surface area contributed by atoms with Gasteiger partial charge in [0.05, 0.1) is 16.4 Å². The molecule has 2 aromatic carbocycles. The average Bonchev–Trinajstić information content (AvgIpc) is 2.86. The first-order valence-electron chi connectivity index (χ1n) is 6.89. The maximum absolute atomic E-state index is 11.7. The van der Waals surface area contributed by atoms with E-state index in [2.05, 4.69) is 5.10 Å². The van der Waals surface area contributed by atoms with E-state index in [1.54, 1.807) is 22.9 Å². The monoisotopic (exact) mass is 345 g/mol. The van der Waals surface area contributed by atoms with Crippen molar-refractivity contribution in [2.24, 2.45) is 5.73 Å². The Labute approximate surface area is 143 Å². The Hall–Kier alpha value is -2.30. The first-order chi connectivity index (χ1) is 11.0. The van der Waals surface area contributed by atoms with Gasteiger partial charge in [-0.2, -0.15) is 5.10 Å². The molecule has 1 amide bonds. The molecular weight excluding hydrogens is 333 g/mol. The van der Waals surface area contributed by atoms with Crippen molar-refractivity contribution >= 4 is 29.1 Å². The van der Waals surface area contributed by atoms with Gasteiger partial charge in [0.1, 0.15) is 0 Å². The number of hydrogen-bond donors (Lipinski definition) is 1. The van der Waals surface area contributed by atoms with Crippen LogP contribution in [0, 0.1) is 6.92 Å². The molecule has 0 saturated heterocycles. The summed E-state index contributed by atoms with van der Waals surface area (Å²) in [5.74, 6) is -0.580. The Morgan fingerprint density at radius 2 is 1.74 bits per heavy atom. The minimum absolute atomic E-state index is 0.217. The number of carbonyl (C=O) groups excluding carboxylic acids is 1. The van der Waals surface area contributed by atoms with Crippen molar-refractivity contribution in [2.45, 2.75) is 6.92 Å². The number of benzene rings is 2. The molecule has 0 aliphatic carbocycles. The number of halogens is 2. The molecule has 0 aliphatic rings. The summed E-state index contributed by atoms with van der Waals surface area (Å²) in [5.41, 5.74) is 8.65. The predicted octanol–water partition coefficient (Wildman–Crippen LogP) is 4.25. The van der Waals surface area contributed by atoms with E-state index in [9.17, 15) is 4.79 Å². The van der Waals surface area contributed by atoms with Gasteiger partial charge in [-0.1, -0.05) is 47.5 Å². The molecule has 0 aliphatic heterocycles. The second-order valence-electron chi connectivity index (χ2n) is 5.06. The molecule has 0 spiro atoms. The molecule has 4 nitrogen and oxygen atoms in total. The molecule has 0 unspecified atom stereocenters. The molecule has 0 radical (unpaired) electrons. The molecule has 2 N–H and O–H groups in total. The summed E-state index contributed by atoms with van der Waals surface area (Å²) < 4.78 is 1.64.